The Morgan fingerprint density at radius 2 is 1.65 bits per heavy atom. The zero-order valence-corrected chi connectivity index (χ0v) is 21.5. The van der Waals surface area contributed by atoms with Gasteiger partial charge < -0.3 is 35.3 Å². The first-order valence-corrected chi connectivity index (χ1v) is 12.3. The van der Waals surface area contributed by atoms with Crippen LogP contribution in [-0.4, -0.2) is 65.9 Å². The second-order valence-corrected chi connectivity index (χ2v) is 8.81. The van der Waals surface area contributed by atoms with E-state index in [1.807, 2.05) is 0 Å². The van der Waals surface area contributed by atoms with Crippen molar-refractivity contribution in [3.63, 3.8) is 0 Å². The molecular formula is C28H28N4O8. The summed E-state index contributed by atoms with van der Waals surface area (Å²) in [5.74, 6) is -2.36. The number of aromatic nitrogens is 1. The molecule has 12 nitrogen and oxygen atoms in total. The molecular weight excluding hydrogens is 520 g/mol. The Morgan fingerprint density at radius 3 is 2.33 bits per heavy atom. The summed E-state index contributed by atoms with van der Waals surface area (Å²) in [6, 6.07) is 15.6. The number of aliphatic carboxylic acids is 1. The number of pyridine rings is 1. The lowest BCUT2D eigenvalue weighted by Crippen LogP contribution is -2.52. The van der Waals surface area contributed by atoms with Crippen LogP contribution in [0.4, 0.5) is 5.69 Å². The topological polar surface area (TPSA) is 165 Å². The molecule has 2 aromatic carbocycles. The van der Waals surface area contributed by atoms with Gasteiger partial charge in [-0.15, -0.1) is 0 Å². The molecule has 0 bridgehead atoms. The number of rotatable bonds is 11. The van der Waals surface area contributed by atoms with E-state index in [-0.39, 0.29) is 25.7 Å². The van der Waals surface area contributed by atoms with Crippen LogP contribution in [0.25, 0.3) is 0 Å². The first kappa shape index (κ1) is 28.2. The molecule has 3 atom stereocenters. The van der Waals surface area contributed by atoms with E-state index < -0.39 is 36.0 Å². The van der Waals surface area contributed by atoms with Gasteiger partial charge in [-0.05, 0) is 35.9 Å². The summed E-state index contributed by atoms with van der Waals surface area (Å²) in [5.41, 5.74) is 2.29. The fourth-order valence-corrected chi connectivity index (χ4v) is 4.04. The number of hydrogen-bond acceptors (Lipinski definition) is 8. The number of carboxylic acids is 1. The van der Waals surface area contributed by atoms with E-state index >= 15 is 0 Å². The van der Waals surface area contributed by atoms with Crippen LogP contribution in [0, 0.1) is 0 Å². The Hall–Kier alpha value is -4.81. The second kappa shape index (κ2) is 13.3. The number of carboxylic acid groups (broad SMARTS) is 1. The van der Waals surface area contributed by atoms with Crippen LogP contribution in [0.2, 0.25) is 0 Å². The van der Waals surface area contributed by atoms with Crippen LogP contribution in [0.5, 0.6) is 5.75 Å². The molecule has 208 valence electrons. The summed E-state index contributed by atoms with van der Waals surface area (Å²) in [6.07, 6.45) is 0.394. The summed E-state index contributed by atoms with van der Waals surface area (Å²) < 4.78 is 15.9. The summed E-state index contributed by atoms with van der Waals surface area (Å²) in [6.45, 7) is -0.164. The number of ether oxygens (including phenoxy) is 3. The standard InChI is InChI=1S/C28H28N4O8/c1-38-22-5-3-2-4-19(22)15-30-26(34)23-24(40-16-39-23)27(35)32-21(28(36)37)14-17-6-8-20(9-7-17)31-25(33)18-10-12-29-13-11-18/h2-13,21,23-24H,14-16H2,1H3,(H,30,34)(H,31,33)(H,32,35)(H,36,37). The maximum atomic E-state index is 12.9. The van der Waals surface area contributed by atoms with E-state index in [9.17, 15) is 24.3 Å². The molecule has 1 saturated heterocycles. The van der Waals surface area contributed by atoms with E-state index in [0.29, 0.717) is 22.6 Å². The quantitative estimate of drug-likeness (QED) is 0.278. The molecule has 1 aliphatic rings. The fourth-order valence-electron chi connectivity index (χ4n) is 4.04. The number of nitrogens with zero attached hydrogens (tertiary/aromatic N) is 1. The number of carbonyl (C=O) groups excluding carboxylic acids is 3. The number of methoxy groups -OCH3 is 1. The van der Waals surface area contributed by atoms with Crippen LogP contribution >= 0.6 is 0 Å². The van der Waals surface area contributed by atoms with E-state index in [4.69, 9.17) is 14.2 Å². The monoisotopic (exact) mass is 548 g/mol. The molecule has 3 amide bonds. The zero-order valence-electron chi connectivity index (χ0n) is 21.5. The lowest BCUT2D eigenvalue weighted by molar-refractivity contribution is -0.144. The number of anilines is 1. The van der Waals surface area contributed by atoms with Crippen molar-refractivity contribution in [2.75, 3.05) is 19.2 Å². The SMILES string of the molecule is COc1ccccc1CNC(=O)C1OCOC1C(=O)NC(Cc1ccc(NC(=O)c2ccncc2)cc1)C(=O)O. The predicted molar refractivity (Wildman–Crippen MR) is 141 cm³/mol. The molecule has 1 aliphatic heterocycles. The number of benzene rings is 2. The summed E-state index contributed by atoms with van der Waals surface area (Å²) in [4.78, 5) is 53.8. The van der Waals surface area contributed by atoms with Crippen LogP contribution in [-0.2, 0) is 36.8 Å². The van der Waals surface area contributed by atoms with E-state index in [1.165, 1.54) is 19.5 Å². The molecule has 0 saturated carbocycles. The highest BCUT2D eigenvalue weighted by Crippen LogP contribution is 2.19. The Labute approximate surface area is 229 Å². The Kier molecular flexibility index (Phi) is 9.39. The van der Waals surface area contributed by atoms with Crippen molar-refractivity contribution in [3.8, 4) is 5.75 Å². The zero-order chi connectivity index (χ0) is 28.5. The molecule has 1 fully saturated rings. The van der Waals surface area contributed by atoms with Crippen LogP contribution in [0.1, 0.15) is 21.5 Å². The third-order valence-electron chi connectivity index (χ3n) is 6.14. The molecule has 4 N–H and O–H groups in total. The number of hydrogen-bond donors (Lipinski definition) is 4. The van der Waals surface area contributed by atoms with Crippen molar-refractivity contribution < 1.29 is 38.5 Å². The highest BCUT2D eigenvalue weighted by Gasteiger charge is 2.41. The number of nitrogens with one attached hydrogen (secondary N) is 3. The molecule has 4 rings (SSSR count). The number of para-hydroxylation sites is 1. The number of carbonyl (C=O) groups is 4. The van der Waals surface area contributed by atoms with Crippen molar-refractivity contribution >= 4 is 29.4 Å². The molecule has 1 aromatic heterocycles. The van der Waals surface area contributed by atoms with Gasteiger partial charge in [0.25, 0.3) is 17.7 Å². The first-order valence-electron chi connectivity index (χ1n) is 12.3. The fraction of sp³-hybridized carbons (Fsp3) is 0.250. The van der Waals surface area contributed by atoms with Gasteiger partial charge in [-0.1, -0.05) is 30.3 Å². The second-order valence-electron chi connectivity index (χ2n) is 8.81. The minimum absolute atomic E-state index is 0.0438. The van der Waals surface area contributed by atoms with E-state index in [1.54, 1.807) is 60.7 Å². The van der Waals surface area contributed by atoms with Gasteiger partial charge in [0.15, 0.2) is 12.2 Å². The Balaban J connectivity index is 1.33. The third kappa shape index (κ3) is 7.18. The molecule has 40 heavy (non-hydrogen) atoms. The van der Waals surface area contributed by atoms with Gasteiger partial charge in [0.05, 0.1) is 7.11 Å². The van der Waals surface area contributed by atoms with Gasteiger partial charge in [-0.3, -0.25) is 19.4 Å². The Bertz CT molecular complexity index is 1350. The predicted octanol–water partition coefficient (Wildman–Crippen LogP) is 1.51. The van der Waals surface area contributed by atoms with E-state index in [0.717, 1.165) is 5.56 Å². The normalized spacial score (nSPS) is 16.9. The molecule has 12 heteroatoms. The highest BCUT2D eigenvalue weighted by atomic mass is 16.7. The molecule has 3 unspecified atom stereocenters. The van der Waals surface area contributed by atoms with Crippen LogP contribution < -0.4 is 20.7 Å². The van der Waals surface area contributed by atoms with Gasteiger partial charge in [-0.2, -0.15) is 0 Å². The molecule has 3 aromatic rings. The smallest absolute Gasteiger partial charge is 0.326 e. The minimum atomic E-state index is -1.33. The van der Waals surface area contributed by atoms with E-state index in [2.05, 4.69) is 20.9 Å². The van der Waals surface area contributed by atoms with Gasteiger partial charge in [0.2, 0.25) is 0 Å². The van der Waals surface area contributed by atoms with Gasteiger partial charge in [0, 0.05) is 42.2 Å². The third-order valence-corrected chi connectivity index (χ3v) is 6.14. The van der Waals surface area contributed by atoms with Crippen molar-refractivity contribution in [1.29, 1.82) is 0 Å². The lowest BCUT2D eigenvalue weighted by atomic mass is 10.0. The lowest BCUT2D eigenvalue weighted by Gasteiger charge is -2.20. The van der Waals surface area contributed by atoms with Crippen molar-refractivity contribution in [1.82, 2.24) is 15.6 Å². The maximum absolute atomic E-state index is 12.9. The number of amides is 3. The summed E-state index contributed by atoms with van der Waals surface area (Å²) in [7, 11) is 1.52. The van der Waals surface area contributed by atoms with Gasteiger partial charge in [-0.25, -0.2) is 4.79 Å². The minimum Gasteiger partial charge on any atom is -0.496 e. The largest absolute Gasteiger partial charge is 0.496 e. The average Bonchev–Trinajstić information content (AvgIpc) is 3.47. The maximum Gasteiger partial charge on any atom is 0.326 e. The van der Waals surface area contributed by atoms with Gasteiger partial charge in [0.1, 0.15) is 18.6 Å². The molecule has 0 aliphatic carbocycles. The summed E-state index contributed by atoms with van der Waals surface area (Å²) >= 11 is 0. The van der Waals surface area contributed by atoms with Gasteiger partial charge >= 0.3 is 5.97 Å². The molecule has 2 heterocycles. The highest BCUT2D eigenvalue weighted by molar-refractivity contribution is 6.04. The first-order chi connectivity index (χ1) is 19.4. The van der Waals surface area contributed by atoms with Crippen molar-refractivity contribution in [3.05, 3.63) is 89.7 Å². The summed E-state index contributed by atoms with van der Waals surface area (Å²) in [5, 5.41) is 17.6. The molecule has 0 spiro atoms. The van der Waals surface area contributed by atoms with Crippen molar-refractivity contribution in [2.45, 2.75) is 31.2 Å². The van der Waals surface area contributed by atoms with Crippen molar-refractivity contribution in [2.24, 2.45) is 0 Å². The molecule has 0 radical (unpaired) electrons. The average molecular weight is 549 g/mol. The van der Waals surface area contributed by atoms with Crippen LogP contribution in [0.3, 0.4) is 0 Å². The Morgan fingerprint density at radius 1 is 0.975 bits per heavy atom. The van der Waals surface area contributed by atoms with Crippen LogP contribution in [0.15, 0.2) is 73.1 Å².